The molecule has 2 heterocycles. The Morgan fingerprint density at radius 2 is 1.68 bits per heavy atom. The van der Waals surface area contributed by atoms with E-state index in [0.29, 0.717) is 5.69 Å². The van der Waals surface area contributed by atoms with Gasteiger partial charge < -0.3 is 4.40 Å². The molecule has 2 nitrogen and oxygen atoms in total. The van der Waals surface area contributed by atoms with Crippen molar-refractivity contribution in [2.75, 3.05) is 0 Å². The van der Waals surface area contributed by atoms with Gasteiger partial charge in [0.1, 0.15) is 5.65 Å². The third-order valence-electron chi connectivity index (χ3n) is 5.88. The number of benzene rings is 1. The summed E-state index contributed by atoms with van der Waals surface area (Å²) in [5.74, 6) is -2.92. The Kier molecular flexibility index (Phi) is 5.62. The summed E-state index contributed by atoms with van der Waals surface area (Å²) in [6.07, 6.45) is -0.900. The third-order valence-corrected chi connectivity index (χ3v) is 5.88. The molecule has 0 saturated heterocycles. The molecule has 3 aromatic rings. The number of rotatable bonds is 4. The highest BCUT2D eigenvalue weighted by atomic mass is 19.4. The van der Waals surface area contributed by atoms with Crippen LogP contribution in [0.2, 0.25) is 0 Å². The lowest BCUT2D eigenvalue weighted by Crippen LogP contribution is -2.26. The molecular formula is C24H23F5N2. The summed E-state index contributed by atoms with van der Waals surface area (Å²) >= 11 is 0. The fraction of sp³-hybridized carbons (Fsp3) is 0.375. The van der Waals surface area contributed by atoms with Crippen LogP contribution in [0.3, 0.4) is 0 Å². The first-order chi connectivity index (χ1) is 14.6. The van der Waals surface area contributed by atoms with E-state index < -0.39 is 17.8 Å². The number of aromatic nitrogens is 2. The number of pyridine rings is 1. The normalized spacial score (nSPS) is 17.6. The molecule has 0 N–H and O–H groups in total. The van der Waals surface area contributed by atoms with Gasteiger partial charge in [0.15, 0.2) is 5.69 Å². The van der Waals surface area contributed by atoms with E-state index in [1.807, 2.05) is 48.6 Å². The summed E-state index contributed by atoms with van der Waals surface area (Å²) in [6, 6.07) is 13.0. The van der Waals surface area contributed by atoms with Crippen LogP contribution in [-0.4, -0.2) is 15.3 Å². The van der Waals surface area contributed by atoms with Crippen LogP contribution in [-0.2, 0) is 12.6 Å². The molecule has 1 saturated carbocycles. The smallest absolute Gasteiger partial charge is 0.301 e. The molecule has 1 aliphatic rings. The topological polar surface area (TPSA) is 17.3 Å². The lowest BCUT2D eigenvalue weighted by Gasteiger charge is -2.28. The number of halogens is 5. The number of fused-ring (bicyclic) bond motifs is 1. The number of imidazole rings is 1. The zero-order valence-electron chi connectivity index (χ0n) is 17.1. The minimum absolute atomic E-state index is 0.0637. The third kappa shape index (κ3) is 4.81. The van der Waals surface area contributed by atoms with Crippen LogP contribution >= 0.6 is 0 Å². The van der Waals surface area contributed by atoms with E-state index in [9.17, 15) is 22.0 Å². The molecule has 0 atom stereocenters. The van der Waals surface area contributed by atoms with Gasteiger partial charge in [-0.25, -0.2) is 13.8 Å². The summed E-state index contributed by atoms with van der Waals surface area (Å²) in [7, 11) is 0. The van der Waals surface area contributed by atoms with Gasteiger partial charge in [-0.2, -0.15) is 13.2 Å². The molecular weight excluding hydrogens is 411 g/mol. The number of aryl methyl sites for hydroxylation is 1. The number of alkyl halides is 5. The fourth-order valence-electron chi connectivity index (χ4n) is 4.31. The molecule has 4 rings (SSSR count). The van der Waals surface area contributed by atoms with Gasteiger partial charge in [-0.3, -0.25) is 0 Å². The second kappa shape index (κ2) is 8.09. The van der Waals surface area contributed by atoms with Gasteiger partial charge >= 0.3 is 6.18 Å². The maximum absolute atomic E-state index is 13.8. The molecule has 0 spiro atoms. The molecule has 2 aromatic heterocycles. The molecule has 164 valence electrons. The van der Waals surface area contributed by atoms with Gasteiger partial charge in [0, 0.05) is 18.5 Å². The molecule has 7 heteroatoms. The minimum atomic E-state index is -4.60. The van der Waals surface area contributed by atoms with Crippen LogP contribution in [0.1, 0.15) is 53.9 Å². The van der Waals surface area contributed by atoms with Crippen molar-refractivity contribution in [1.29, 1.82) is 0 Å². The van der Waals surface area contributed by atoms with Crippen LogP contribution in [0.15, 0.2) is 42.5 Å². The van der Waals surface area contributed by atoms with Gasteiger partial charge in [-0.05, 0) is 55.4 Å². The van der Waals surface area contributed by atoms with Crippen molar-refractivity contribution >= 4 is 17.8 Å². The highest BCUT2D eigenvalue weighted by Crippen LogP contribution is 2.40. The first-order valence-electron chi connectivity index (χ1n) is 10.3. The van der Waals surface area contributed by atoms with Crippen molar-refractivity contribution in [3.8, 4) is 0 Å². The molecule has 0 radical (unpaired) electrons. The van der Waals surface area contributed by atoms with E-state index in [1.54, 1.807) is 13.0 Å². The first kappa shape index (κ1) is 21.5. The fourth-order valence-corrected chi connectivity index (χ4v) is 4.31. The van der Waals surface area contributed by atoms with Crippen LogP contribution in [0.4, 0.5) is 22.0 Å². The van der Waals surface area contributed by atoms with E-state index >= 15 is 0 Å². The summed E-state index contributed by atoms with van der Waals surface area (Å²) in [5.41, 5.74) is 1.72. The van der Waals surface area contributed by atoms with E-state index in [4.69, 9.17) is 0 Å². The van der Waals surface area contributed by atoms with Gasteiger partial charge in [0.25, 0.3) is 0 Å². The van der Waals surface area contributed by atoms with E-state index in [0.717, 1.165) is 11.1 Å². The zero-order chi connectivity index (χ0) is 22.2. The van der Waals surface area contributed by atoms with Crippen molar-refractivity contribution in [3.63, 3.8) is 0 Å². The predicted molar refractivity (Wildman–Crippen MR) is 111 cm³/mol. The summed E-state index contributed by atoms with van der Waals surface area (Å²) in [6.45, 7) is 1.74. The van der Waals surface area contributed by atoms with Gasteiger partial charge in [-0.15, -0.1) is 0 Å². The molecule has 0 bridgehead atoms. The van der Waals surface area contributed by atoms with E-state index in [1.165, 1.54) is 4.40 Å². The van der Waals surface area contributed by atoms with Crippen LogP contribution in [0, 0.1) is 12.8 Å². The zero-order valence-corrected chi connectivity index (χ0v) is 17.1. The Hall–Kier alpha value is -2.70. The SMILES string of the molecule is Cc1cc(/C=C\c2ccccc2)cc2nc(C(F)(F)F)c(CC3CCC(F)(F)CC3)n12. The molecule has 1 fully saturated rings. The Labute approximate surface area is 177 Å². The minimum Gasteiger partial charge on any atom is -0.301 e. The molecule has 31 heavy (non-hydrogen) atoms. The molecule has 0 amide bonds. The highest BCUT2D eigenvalue weighted by Gasteiger charge is 2.40. The second-order valence-corrected chi connectivity index (χ2v) is 8.28. The molecule has 0 unspecified atom stereocenters. The average molecular weight is 434 g/mol. The number of hydrogen-bond donors (Lipinski definition) is 0. The second-order valence-electron chi connectivity index (χ2n) is 8.28. The number of hydrogen-bond acceptors (Lipinski definition) is 1. The van der Waals surface area contributed by atoms with Crippen LogP contribution in [0.25, 0.3) is 17.8 Å². The lowest BCUT2D eigenvalue weighted by molar-refractivity contribution is -0.141. The summed E-state index contributed by atoms with van der Waals surface area (Å²) < 4.78 is 69.7. The van der Waals surface area contributed by atoms with Crippen molar-refractivity contribution in [1.82, 2.24) is 9.38 Å². The Balaban J connectivity index is 1.70. The summed E-state index contributed by atoms with van der Waals surface area (Å²) in [5, 5.41) is 0. The highest BCUT2D eigenvalue weighted by molar-refractivity contribution is 5.71. The van der Waals surface area contributed by atoms with Gasteiger partial charge in [-0.1, -0.05) is 42.5 Å². The lowest BCUT2D eigenvalue weighted by atomic mass is 9.83. The van der Waals surface area contributed by atoms with Crippen molar-refractivity contribution in [2.45, 2.75) is 51.1 Å². The van der Waals surface area contributed by atoms with Crippen LogP contribution < -0.4 is 0 Å². The quantitative estimate of drug-likeness (QED) is 0.397. The maximum Gasteiger partial charge on any atom is 0.435 e. The predicted octanol–water partition coefficient (Wildman–Crippen LogP) is 7.20. The number of nitrogens with zero attached hydrogens (tertiary/aromatic N) is 2. The standard InChI is InChI=1S/C24H23F5N2/c1-16-13-19(8-7-17-5-3-2-4-6-17)15-21-30-22(24(27,28)29)20(31(16)21)14-18-9-11-23(25,26)12-10-18/h2-8,13,15,18H,9-12,14H2,1H3/b8-7-. The Bertz CT molecular complexity index is 1090. The largest absolute Gasteiger partial charge is 0.435 e. The van der Waals surface area contributed by atoms with E-state index in [-0.39, 0.29) is 49.4 Å². The van der Waals surface area contributed by atoms with Crippen molar-refractivity contribution in [3.05, 3.63) is 70.7 Å². The average Bonchev–Trinajstić information content (AvgIpc) is 3.08. The van der Waals surface area contributed by atoms with Crippen molar-refractivity contribution < 1.29 is 22.0 Å². The van der Waals surface area contributed by atoms with Crippen LogP contribution in [0.5, 0.6) is 0 Å². The van der Waals surface area contributed by atoms with Gasteiger partial charge in [0.05, 0.1) is 5.69 Å². The van der Waals surface area contributed by atoms with E-state index in [2.05, 4.69) is 4.98 Å². The Morgan fingerprint density at radius 3 is 2.32 bits per heavy atom. The van der Waals surface area contributed by atoms with Crippen molar-refractivity contribution in [2.24, 2.45) is 5.92 Å². The molecule has 0 aliphatic heterocycles. The maximum atomic E-state index is 13.8. The molecule has 1 aliphatic carbocycles. The summed E-state index contributed by atoms with van der Waals surface area (Å²) in [4.78, 5) is 3.91. The first-order valence-corrected chi connectivity index (χ1v) is 10.3. The monoisotopic (exact) mass is 434 g/mol. The molecule has 1 aromatic carbocycles. The Morgan fingerprint density at radius 1 is 1.03 bits per heavy atom. The van der Waals surface area contributed by atoms with Gasteiger partial charge in [0.2, 0.25) is 5.92 Å².